The minimum Gasteiger partial charge on any atom is -0.368 e. The molecule has 0 bridgehead atoms. The number of pyridine rings is 1. The summed E-state index contributed by atoms with van der Waals surface area (Å²) in [5, 5.41) is 17.2. The molecule has 1 aliphatic rings. The van der Waals surface area contributed by atoms with E-state index in [-0.39, 0.29) is 11.8 Å². The van der Waals surface area contributed by atoms with E-state index in [4.69, 9.17) is 9.72 Å². The lowest BCUT2D eigenvalue weighted by atomic mass is 9.77. The molecular weight excluding hydrogens is 489 g/mol. The zero-order valence-corrected chi connectivity index (χ0v) is 21.5. The fraction of sp³-hybridized carbons (Fsp3) is 0.385. The fourth-order valence-electron chi connectivity index (χ4n) is 4.74. The van der Waals surface area contributed by atoms with E-state index in [1.54, 1.807) is 19.4 Å². The largest absolute Gasteiger partial charge is 0.368 e. The van der Waals surface area contributed by atoms with Gasteiger partial charge in [-0.1, -0.05) is 6.07 Å². The number of carbonyl (C=O) groups excluding carboxylic acids is 1. The standard InChI is InChI=1S/C26H30FN9O2/c1-16-10-21(32-22-11-17(2)34-35-22)33-24(31-16)19-6-8-26(38-3,9-7-19)25(37)29-13-18-4-5-23(28-12-18)36-15-20(27)14-30-36/h4-5,10-12,14-15,19H,6-9,13H2,1-3H3,(H,29,37)(H2,31,32,33,34,35). The summed E-state index contributed by atoms with van der Waals surface area (Å²) < 4.78 is 20.3. The van der Waals surface area contributed by atoms with Gasteiger partial charge < -0.3 is 15.4 Å². The number of aromatic nitrogens is 7. The Kier molecular flexibility index (Phi) is 7.14. The Morgan fingerprint density at radius 2 is 2.00 bits per heavy atom. The lowest BCUT2D eigenvalue weighted by Gasteiger charge is -2.37. The second kappa shape index (κ2) is 10.7. The van der Waals surface area contributed by atoms with Crippen LogP contribution in [0.25, 0.3) is 5.82 Å². The molecule has 1 fully saturated rings. The molecule has 198 valence electrons. The molecule has 0 unspecified atom stereocenters. The van der Waals surface area contributed by atoms with Gasteiger partial charge in [-0.05, 0) is 51.2 Å². The van der Waals surface area contributed by atoms with E-state index in [1.807, 2.05) is 32.0 Å². The molecule has 38 heavy (non-hydrogen) atoms. The Labute approximate surface area is 219 Å². The number of nitrogens with zero attached hydrogens (tertiary/aromatic N) is 6. The highest BCUT2D eigenvalue weighted by Crippen LogP contribution is 2.39. The first kappa shape index (κ1) is 25.5. The molecule has 4 aromatic rings. The van der Waals surface area contributed by atoms with E-state index < -0.39 is 11.4 Å². The minimum atomic E-state index is -0.909. The summed E-state index contributed by atoms with van der Waals surface area (Å²) >= 11 is 0. The van der Waals surface area contributed by atoms with Crippen molar-refractivity contribution in [3.63, 3.8) is 0 Å². The predicted molar refractivity (Wildman–Crippen MR) is 137 cm³/mol. The van der Waals surface area contributed by atoms with Crippen molar-refractivity contribution in [2.24, 2.45) is 0 Å². The number of aromatic amines is 1. The molecule has 12 heteroatoms. The maximum atomic E-state index is 13.2. The molecule has 0 aromatic carbocycles. The van der Waals surface area contributed by atoms with Gasteiger partial charge in [-0.2, -0.15) is 10.2 Å². The highest BCUT2D eigenvalue weighted by Gasteiger charge is 2.42. The molecule has 0 saturated heterocycles. The van der Waals surface area contributed by atoms with Crippen LogP contribution in [0.1, 0.15) is 54.4 Å². The summed E-state index contributed by atoms with van der Waals surface area (Å²) in [6, 6.07) is 7.35. The zero-order chi connectivity index (χ0) is 26.7. The number of H-pyrrole nitrogens is 1. The first-order valence-corrected chi connectivity index (χ1v) is 12.5. The Morgan fingerprint density at radius 3 is 2.63 bits per heavy atom. The average molecular weight is 520 g/mol. The summed E-state index contributed by atoms with van der Waals surface area (Å²) in [4.78, 5) is 26.9. The van der Waals surface area contributed by atoms with Crippen LogP contribution in [0.3, 0.4) is 0 Å². The summed E-state index contributed by atoms with van der Waals surface area (Å²) in [6.45, 7) is 4.18. The van der Waals surface area contributed by atoms with Crippen LogP contribution in [0.2, 0.25) is 0 Å². The topological polar surface area (TPSA) is 136 Å². The second-order valence-corrected chi connectivity index (χ2v) is 9.60. The summed E-state index contributed by atoms with van der Waals surface area (Å²) in [5.74, 6) is 2.18. The number of rotatable bonds is 8. The SMILES string of the molecule is COC1(C(=O)NCc2ccc(-n3cc(F)cn3)nc2)CCC(c2nc(C)cc(Nc3cc(C)[nH]n3)n2)CC1. The number of hydrogen-bond acceptors (Lipinski definition) is 8. The van der Waals surface area contributed by atoms with E-state index in [1.165, 1.54) is 10.9 Å². The molecule has 1 saturated carbocycles. The first-order chi connectivity index (χ1) is 18.3. The molecule has 4 heterocycles. The van der Waals surface area contributed by atoms with Crippen molar-refractivity contribution in [3.8, 4) is 5.82 Å². The lowest BCUT2D eigenvalue weighted by Crippen LogP contribution is -2.50. The fourth-order valence-corrected chi connectivity index (χ4v) is 4.74. The number of nitrogens with one attached hydrogen (secondary N) is 3. The molecule has 4 aromatic heterocycles. The highest BCUT2D eigenvalue weighted by molar-refractivity contribution is 5.85. The molecule has 0 spiro atoms. The normalized spacial score (nSPS) is 19.3. The van der Waals surface area contributed by atoms with E-state index in [9.17, 15) is 9.18 Å². The van der Waals surface area contributed by atoms with Crippen LogP contribution in [0, 0.1) is 19.7 Å². The Balaban J connectivity index is 1.19. The van der Waals surface area contributed by atoms with E-state index in [2.05, 4.69) is 35.9 Å². The number of amides is 1. The molecule has 0 atom stereocenters. The smallest absolute Gasteiger partial charge is 0.252 e. The summed E-state index contributed by atoms with van der Waals surface area (Å²) in [6.07, 6.45) is 6.57. The molecule has 3 N–H and O–H groups in total. The number of hydrogen-bond donors (Lipinski definition) is 3. The van der Waals surface area contributed by atoms with Crippen molar-refractivity contribution >= 4 is 17.5 Å². The first-order valence-electron chi connectivity index (χ1n) is 12.5. The Bertz CT molecular complexity index is 1410. The van der Waals surface area contributed by atoms with Crippen molar-refractivity contribution in [2.75, 3.05) is 12.4 Å². The predicted octanol–water partition coefficient (Wildman–Crippen LogP) is 3.64. The van der Waals surface area contributed by atoms with Gasteiger partial charge in [0, 0.05) is 49.3 Å². The van der Waals surface area contributed by atoms with Crippen molar-refractivity contribution in [1.29, 1.82) is 0 Å². The van der Waals surface area contributed by atoms with Crippen LogP contribution in [0.4, 0.5) is 16.0 Å². The second-order valence-electron chi connectivity index (χ2n) is 9.60. The van der Waals surface area contributed by atoms with Crippen molar-refractivity contribution in [3.05, 3.63) is 71.4 Å². The third kappa shape index (κ3) is 5.54. The van der Waals surface area contributed by atoms with Gasteiger partial charge in [0.15, 0.2) is 17.5 Å². The van der Waals surface area contributed by atoms with Gasteiger partial charge >= 0.3 is 0 Å². The number of anilines is 2. The molecule has 0 aliphatic heterocycles. The maximum absolute atomic E-state index is 13.2. The number of aryl methyl sites for hydroxylation is 2. The van der Waals surface area contributed by atoms with Gasteiger partial charge in [-0.25, -0.2) is 24.0 Å². The Hall–Kier alpha value is -4.19. The van der Waals surface area contributed by atoms with Gasteiger partial charge in [0.2, 0.25) is 0 Å². The van der Waals surface area contributed by atoms with Crippen LogP contribution in [0.5, 0.6) is 0 Å². The number of carbonyl (C=O) groups is 1. The monoisotopic (exact) mass is 519 g/mol. The van der Waals surface area contributed by atoms with Crippen molar-refractivity contribution < 1.29 is 13.9 Å². The van der Waals surface area contributed by atoms with Gasteiger partial charge in [0.1, 0.15) is 17.2 Å². The van der Waals surface area contributed by atoms with Crippen molar-refractivity contribution in [2.45, 2.75) is 57.6 Å². The lowest BCUT2D eigenvalue weighted by molar-refractivity contribution is -0.148. The van der Waals surface area contributed by atoms with Crippen LogP contribution >= 0.6 is 0 Å². The van der Waals surface area contributed by atoms with E-state index in [0.717, 1.165) is 41.8 Å². The van der Waals surface area contributed by atoms with Crippen LogP contribution in [-0.4, -0.2) is 53.5 Å². The maximum Gasteiger partial charge on any atom is 0.252 e. The quantitative estimate of drug-likeness (QED) is 0.321. The number of methoxy groups -OCH3 is 1. The van der Waals surface area contributed by atoms with Gasteiger partial charge in [0.05, 0.1) is 12.4 Å². The van der Waals surface area contributed by atoms with Gasteiger partial charge in [0.25, 0.3) is 5.91 Å². The summed E-state index contributed by atoms with van der Waals surface area (Å²) in [5.41, 5.74) is 1.73. The molecule has 1 amide bonds. The zero-order valence-electron chi connectivity index (χ0n) is 21.5. The molecule has 11 nitrogen and oxygen atoms in total. The third-order valence-electron chi connectivity index (χ3n) is 6.84. The molecule has 0 radical (unpaired) electrons. The molecule has 1 aliphatic carbocycles. The van der Waals surface area contributed by atoms with Gasteiger partial charge in [-0.3, -0.25) is 9.89 Å². The minimum absolute atomic E-state index is 0.122. The number of halogens is 1. The molecule has 5 rings (SSSR count). The van der Waals surface area contributed by atoms with Crippen LogP contribution in [-0.2, 0) is 16.1 Å². The van der Waals surface area contributed by atoms with Crippen LogP contribution < -0.4 is 10.6 Å². The average Bonchev–Trinajstić information content (AvgIpc) is 3.54. The Morgan fingerprint density at radius 1 is 1.18 bits per heavy atom. The van der Waals surface area contributed by atoms with Gasteiger partial charge in [-0.15, -0.1) is 0 Å². The van der Waals surface area contributed by atoms with E-state index in [0.29, 0.717) is 36.8 Å². The summed E-state index contributed by atoms with van der Waals surface area (Å²) in [7, 11) is 1.58. The number of ether oxygens (including phenoxy) is 1. The van der Waals surface area contributed by atoms with E-state index >= 15 is 0 Å². The van der Waals surface area contributed by atoms with Crippen molar-refractivity contribution in [1.82, 2.24) is 40.2 Å². The highest BCUT2D eigenvalue weighted by atomic mass is 19.1. The third-order valence-corrected chi connectivity index (χ3v) is 6.84. The van der Waals surface area contributed by atoms with Crippen LogP contribution in [0.15, 0.2) is 42.9 Å². The molecular formula is C26H30FN9O2.